The van der Waals surface area contributed by atoms with Crippen LogP contribution < -0.4 is 26.0 Å². The van der Waals surface area contributed by atoms with Crippen molar-refractivity contribution >= 4 is 46.4 Å². The third-order valence-corrected chi connectivity index (χ3v) is 7.65. The first-order chi connectivity index (χ1) is 18.8. The number of nitrogens with zero attached hydrogens (tertiary/aromatic N) is 3. The first-order valence-corrected chi connectivity index (χ1v) is 13.8. The van der Waals surface area contributed by atoms with Crippen LogP contribution in [-0.4, -0.2) is 63.9 Å². The fourth-order valence-corrected chi connectivity index (χ4v) is 5.51. The number of rotatable bonds is 6. The third-order valence-electron chi connectivity index (χ3n) is 6.93. The molecule has 0 spiro atoms. The molecule has 0 aromatic heterocycles. The number of amides is 1. The molecule has 9 nitrogen and oxygen atoms in total. The first kappa shape index (κ1) is 29.0. The summed E-state index contributed by atoms with van der Waals surface area (Å²) >= 11 is 13.1. The maximum Gasteiger partial charge on any atom is 0.278 e. The van der Waals surface area contributed by atoms with Crippen LogP contribution in [0, 0.1) is 6.92 Å². The normalized spacial score (nSPS) is 20.5. The number of allylic oxidation sites excluding steroid dienone is 4. The number of piperazine rings is 1. The second-order valence-corrected chi connectivity index (χ2v) is 10.4. The largest absolute Gasteiger partial charge is 0.495 e. The first-order valence-electron chi connectivity index (χ1n) is 13.1. The van der Waals surface area contributed by atoms with Crippen LogP contribution >= 0.6 is 23.2 Å². The summed E-state index contributed by atoms with van der Waals surface area (Å²) in [5.41, 5.74) is 11.0. The molecule has 0 atom stereocenters. The molecule has 1 amide bonds. The van der Waals surface area contributed by atoms with Gasteiger partial charge in [-0.2, -0.15) is 0 Å². The highest BCUT2D eigenvalue weighted by molar-refractivity contribution is 6.37. The molecule has 1 aromatic carbocycles. The van der Waals surface area contributed by atoms with Gasteiger partial charge in [-0.05, 0) is 49.8 Å². The molecule has 4 N–H and O–H groups in total. The van der Waals surface area contributed by atoms with Crippen molar-refractivity contribution in [3.63, 3.8) is 0 Å². The van der Waals surface area contributed by atoms with Crippen LogP contribution in [0.25, 0.3) is 0 Å². The van der Waals surface area contributed by atoms with E-state index in [1.165, 1.54) is 12.2 Å². The van der Waals surface area contributed by atoms with E-state index in [4.69, 9.17) is 38.5 Å². The van der Waals surface area contributed by atoms with Crippen molar-refractivity contribution in [2.24, 2.45) is 10.7 Å². The number of benzene rings is 1. The van der Waals surface area contributed by atoms with Gasteiger partial charge in [0.05, 0.1) is 26.5 Å². The van der Waals surface area contributed by atoms with Crippen LogP contribution in [0.3, 0.4) is 0 Å². The summed E-state index contributed by atoms with van der Waals surface area (Å²) < 4.78 is 5.68. The van der Waals surface area contributed by atoms with Crippen LogP contribution in [0.1, 0.15) is 31.2 Å². The molecule has 0 saturated carbocycles. The van der Waals surface area contributed by atoms with Gasteiger partial charge in [-0.25, -0.2) is 10.1 Å². The quantitative estimate of drug-likeness (QED) is 0.338. The lowest BCUT2D eigenvalue weighted by Crippen LogP contribution is -2.43. The molecule has 1 aromatic rings. The molecule has 210 valence electrons. The van der Waals surface area contributed by atoms with Gasteiger partial charge in [0.25, 0.3) is 5.91 Å². The molecular weight excluding hydrogens is 539 g/mol. The summed E-state index contributed by atoms with van der Waals surface area (Å²) in [6, 6.07) is 4.04. The Balaban J connectivity index is 1.55. The summed E-state index contributed by atoms with van der Waals surface area (Å²) in [6.45, 7) is 5.96. The minimum atomic E-state index is -0.301. The van der Waals surface area contributed by atoms with Crippen molar-refractivity contribution in [1.82, 2.24) is 10.4 Å². The van der Waals surface area contributed by atoms with Gasteiger partial charge < -0.3 is 26.0 Å². The number of methoxy groups -OCH3 is 1. The Bertz CT molecular complexity index is 1250. The molecular formula is C28H36Cl2N6O3. The highest BCUT2D eigenvalue weighted by atomic mass is 35.5. The van der Waals surface area contributed by atoms with Crippen LogP contribution in [0.5, 0.6) is 5.75 Å². The van der Waals surface area contributed by atoms with Crippen LogP contribution in [-0.2, 0) is 9.63 Å². The number of carbonyl (C=O) groups is 1. The smallest absolute Gasteiger partial charge is 0.278 e. The summed E-state index contributed by atoms with van der Waals surface area (Å²) in [5.74, 6) is 0.683. The summed E-state index contributed by atoms with van der Waals surface area (Å²) in [5, 5.41) is 8.89. The Kier molecular flexibility index (Phi) is 9.96. The molecule has 2 heterocycles. The van der Waals surface area contributed by atoms with E-state index < -0.39 is 0 Å². The summed E-state index contributed by atoms with van der Waals surface area (Å²) in [4.78, 5) is 25.4. The summed E-state index contributed by atoms with van der Waals surface area (Å²) in [7, 11) is 3.12. The number of hydroxylamine groups is 2. The number of hydrogen-bond acceptors (Lipinski definition) is 6. The van der Waals surface area contributed by atoms with Crippen LogP contribution in [0.2, 0.25) is 0 Å². The predicted octanol–water partition coefficient (Wildman–Crippen LogP) is 4.54. The second-order valence-electron chi connectivity index (χ2n) is 9.57. The van der Waals surface area contributed by atoms with Gasteiger partial charge in [0, 0.05) is 65.3 Å². The third kappa shape index (κ3) is 6.97. The Morgan fingerprint density at radius 2 is 1.97 bits per heavy atom. The number of anilines is 2. The van der Waals surface area contributed by atoms with Gasteiger partial charge in [0.1, 0.15) is 5.75 Å². The Hall–Kier alpha value is -2.98. The number of aryl methyl sites for hydroxylation is 1. The average molecular weight is 576 g/mol. The average Bonchev–Trinajstić information content (AvgIpc) is 3.20. The van der Waals surface area contributed by atoms with Crippen molar-refractivity contribution in [2.75, 3.05) is 57.2 Å². The number of ether oxygens (including phenoxy) is 1. The van der Waals surface area contributed by atoms with E-state index >= 15 is 0 Å². The zero-order valence-corrected chi connectivity index (χ0v) is 24.2. The van der Waals surface area contributed by atoms with Crippen molar-refractivity contribution in [2.45, 2.75) is 32.6 Å². The fourth-order valence-electron chi connectivity index (χ4n) is 4.80. The Morgan fingerprint density at radius 3 is 2.69 bits per heavy atom. The number of nitrogens with two attached hydrogens (primary N) is 1. The van der Waals surface area contributed by atoms with Gasteiger partial charge in [-0.15, -0.1) is 0 Å². The molecule has 0 unspecified atom stereocenters. The maximum atomic E-state index is 13.3. The molecule has 1 saturated heterocycles. The number of aliphatic imine (C=N–C) groups is 1. The molecule has 0 bridgehead atoms. The van der Waals surface area contributed by atoms with Crippen molar-refractivity contribution in [3.05, 3.63) is 62.8 Å². The molecule has 2 aliphatic heterocycles. The highest BCUT2D eigenvalue weighted by Gasteiger charge is 2.29. The summed E-state index contributed by atoms with van der Waals surface area (Å²) in [6.07, 6.45) is 8.20. The molecule has 11 heteroatoms. The Labute approximate surface area is 239 Å². The molecule has 0 radical (unpaired) electrons. The lowest BCUT2D eigenvalue weighted by molar-refractivity contribution is -0.168. The lowest BCUT2D eigenvalue weighted by Gasteiger charge is -2.31. The number of halogens is 2. The zero-order chi connectivity index (χ0) is 27.9. The topological polar surface area (TPSA) is 104 Å². The highest BCUT2D eigenvalue weighted by Crippen LogP contribution is 2.37. The van der Waals surface area contributed by atoms with E-state index in [0.717, 1.165) is 67.3 Å². The van der Waals surface area contributed by atoms with Gasteiger partial charge in [0.2, 0.25) is 0 Å². The molecule has 1 aliphatic carbocycles. The van der Waals surface area contributed by atoms with Crippen molar-refractivity contribution < 1.29 is 14.4 Å². The molecule has 39 heavy (non-hydrogen) atoms. The minimum Gasteiger partial charge on any atom is -0.495 e. The predicted molar refractivity (Wildman–Crippen MR) is 158 cm³/mol. The van der Waals surface area contributed by atoms with E-state index in [1.807, 2.05) is 25.1 Å². The van der Waals surface area contributed by atoms with Crippen LogP contribution in [0.4, 0.5) is 11.4 Å². The second kappa shape index (κ2) is 13.4. The zero-order valence-electron chi connectivity index (χ0n) is 22.7. The van der Waals surface area contributed by atoms with E-state index in [1.54, 1.807) is 13.3 Å². The van der Waals surface area contributed by atoms with Gasteiger partial charge >= 0.3 is 0 Å². The van der Waals surface area contributed by atoms with Gasteiger partial charge in [-0.3, -0.25) is 9.63 Å². The van der Waals surface area contributed by atoms with Crippen molar-refractivity contribution in [3.8, 4) is 5.75 Å². The fraction of sp³-hybridized carbons (Fsp3) is 0.429. The molecule has 3 aliphatic rings. The lowest BCUT2D eigenvalue weighted by atomic mass is 10.0. The standard InChI is InChI=1S/C28H36Cl2N6O3/c1-18-14-24(35-12-10-32-11-13-35)25(38-2)15-23(18)34-28(31)33-16-19-8-9-20(27(37)36(17-19)39-3)26-21(29)6-4-5-7-22(26)30/h6,9,14-16,32H,4-5,7-8,10-13,17H2,1-3H3,(H3,31,33,34)/b19-16-. The number of hydrogen-bond donors (Lipinski definition) is 3. The van der Waals surface area contributed by atoms with Crippen LogP contribution in [0.15, 0.2) is 62.3 Å². The van der Waals surface area contributed by atoms with E-state index in [2.05, 4.69) is 26.6 Å². The van der Waals surface area contributed by atoms with E-state index in [9.17, 15) is 4.79 Å². The van der Waals surface area contributed by atoms with E-state index in [0.29, 0.717) is 34.1 Å². The molecule has 1 fully saturated rings. The minimum absolute atomic E-state index is 0.215. The SMILES string of the molecule is COc1cc(NC(N)=N/C=C2/CC=C(C3=C(Cl)CCCC=C3Cl)C(=O)N(OC)C2)c(C)cc1N1CCNCC1. The monoisotopic (exact) mass is 574 g/mol. The van der Waals surface area contributed by atoms with Gasteiger partial charge in [0.15, 0.2) is 5.96 Å². The maximum absolute atomic E-state index is 13.3. The molecule has 4 rings (SSSR count). The number of guanidine groups is 1. The van der Waals surface area contributed by atoms with Crippen molar-refractivity contribution in [1.29, 1.82) is 0 Å². The number of carbonyl (C=O) groups excluding carboxylic acids is 1. The number of nitrogens with one attached hydrogen (secondary N) is 2. The van der Waals surface area contributed by atoms with E-state index in [-0.39, 0.29) is 18.4 Å². The van der Waals surface area contributed by atoms with Gasteiger partial charge in [-0.1, -0.05) is 35.4 Å². The Morgan fingerprint density at radius 1 is 1.21 bits per heavy atom.